The van der Waals surface area contributed by atoms with Crippen LogP contribution in [0.4, 0.5) is 0 Å². The first-order valence-corrected chi connectivity index (χ1v) is 13.2. The molecule has 2 N–H and O–H groups in total. The smallest absolute Gasteiger partial charge is 0.305 e. The van der Waals surface area contributed by atoms with Gasteiger partial charge in [-0.25, -0.2) is 0 Å². The van der Waals surface area contributed by atoms with E-state index in [4.69, 9.17) is 21.4 Å². The number of carbonyl (C=O) groups excluding carboxylic acids is 1. The van der Waals surface area contributed by atoms with Crippen molar-refractivity contribution < 1.29 is 19.4 Å². The Morgan fingerprint density at radius 3 is 2.34 bits per heavy atom. The molecule has 0 saturated carbocycles. The molecule has 2 atom stereocenters. The van der Waals surface area contributed by atoms with Crippen molar-refractivity contribution in [3.63, 3.8) is 0 Å². The van der Waals surface area contributed by atoms with Gasteiger partial charge in [0.2, 0.25) is 0 Å². The van der Waals surface area contributed by atoms with Crippen LogP contribution < -0.4 is 10.1 Å². The van der Waals surface area contributed by atoms with Gasteiger partial charge in [-0.15, -0.1) is 0 Å². The SMILES string of the molecule is CCCC(c1ccc(C(=O)NCCC(=O)O)cc1)C(c1ccc(OC)cc1)c1cn(C)c2ccc(Cl)cc12. The molecular formula is C31H33ClN2O4. The molecule has 4 rings (SSSR count). The Hall–Kier alpha value is -3.77. The number of hydrogen-bond donors (Lipinski definition) is 2. The standard InChI is InChI=1S/C31H33ClN2O4/c1-4-5-25(20-6-8-22(9-7-20)31(37)33-17-16-29(35)36)30(21-10-13-24(38-3)14-11-21)27-19-34(2)28-15-12-23(32)18-26(27)28/h6-15,18-19,25,30H,4-5,16-17H2,1-3H3,(H,33,37)(H,35,36). The van der Waals surface area contributed by atoms with E-state index in [1.165, 1.54) is 11.1 Å². The Bertz CT molecular complexity index is 1410. The summed E-state index contributed by atoms with van der Waals surface area (Å²) in [6, 6.07) is 21.9. The Balaban J connectivity index is 1.77. The van der Waals surface area contributed by atoms with E-state index < -0.39 is 5.97 Å². The zero-order valence-corrected chi connectivity index (χ0v) is 22.7. The molecule has 0 aliphatic heterocycles. The first-order chi connectivity index (χ1) is 18.3. The van der Waals surface area contributed by atoms with E-state index in [9.17, 15) is 9.59 Å². The summed E-state index contributed by atoms with van der Waals surface area (Å²) in [5, 5.41) is 13.3. The second-order valence-corrected chi connectivity index (χ2v) is 9.96. The summed E-state index contributed by atoms with van der Waals surface area (Å²) in [4.78, 5) is 23.3. The van der Waals surface area contributed by atoms with E-state index in [2.05, 4.69) is 48.3 Å². The van der Waals surface area contributed by atoms with Gasteiger partial charge in [0.25, 0.3) is 5.91 Å². The van der Waals surface area contributed by atoms with Gasteiger partial charge in [0.05, 0.1) is 13.5 Å². The molecule has 1 amide bonds. The van der Waals surface area contributed by atoms with Gasteiger partial charge in [0.15, 0.2) is 0 Å². The van der Waals surface area contributed by atoms with Crippen LogP contribution in [0.5, 0.6) is 5.75 Å². The highest BCUT2D eigenvalue weighted by molar-refractivity contribution is 6.31. The van der Waals surface area contributed by atoms with Gasteiger partial charge >= 0.3 is 5.97 Å². The summed E-state index contributed by atoms with van der Waals surface area (Å²) in [6.07, 6.45) is 4.02. The van der Waals surface area contributed by atoms with Crippen molar-refractivity contribution in [3.8, 4) is 5.75 Å². The molecule has 0 aliphatic carbocycles. The van der Waals surface area contributed by atoms with E-state index in [1.54, 1.807) is 7.11 Å². The summed E-state index contributed by atoms with van der Waals surface area (Å²) in [6.45, 7) is 2.28. The average molecular weight is 533 g/mol. The number of aliphatic carboxylic acids is 1. The summed E-state index contributed by atoms with van der Waals surface area (Å²) >= 11 is 6.45. The Morgan fingerprint density at radius 1 is 1.03 bits per heavy atom. The minimum Gasteiger partial charge on any atom is -0.497 e. The normalized spacial score (nSPS) is 12.7. The van der Waals surface area contributed by atoms with E-state index in [-0.39, 0.29) is 30.7 Å². The zero-order chi connectivity index (χ0) is 27.2. The third kappa shape index (κ3) is 6.03. The van der Waals surface area contributed by atoms with Crippen molar-refractivity contribution in [1.82, 2.24) is 9.88 Å². The maximum absolute atomic E-state index is 12.5. The predicted molar refractivity (Wildman–Crippen MR) is 151 cm³/mol. The number of halogens is 1. The molecule has 0 saturated heterocycles. The Morgan fingerprint density at radius 2 is 1.71 bits per heavy atom. The summed E-state index contributed by atoms with van der Waals surface area (Å²) < 4.78 is 7.57. The topological polar surface area (TPSA) is 80.6 Å². The molecule has 1 aromatic heterocycles. The highest BCUT2D eigenvalue weighted by Gasteiger charge is 2.29. The van der Waals surface area contributed by atoms with E-state index in [0.29, 0.717) is 10.6 Å². The van der Waals surface area contributed by atoms with Crippen molar-refractivity contribution in [1.29, 1.82) is 0 Å². The molecule has 7 heteroatoms. The molecule has 0 radical (unpaired) electrons. The van der Waals surface area contributed by atoms with Gasteiger partial charge in [0.1, 0.15) is 5.75 Å². The highest BCUT2D eigenvalue weighted by Crippen LogP contribution is 2.45. The number of benzene rings is 3. The maximum Gasteiger partial charge on any atom is 0.305 e. The van der Waals surface area contributed by atoms with Crippen LogP contribution in [0, 0.1) is 0 Å². The molecule has 4 aromatic rings. The summed E-state index contributed by atoms with van der Waals surface area (Å²) in [5.41, 5.74) is 5.13. The van der Waals surface area contributed by atoms with Crippen molar-refractivity contribution in [2.75, 3.05) is 13.7 Å². The average Bonchev–Trinajstić information content (AvgIpc) is 3.23. The molecule has 198 valence electrons. The number of carboxylic acid groups (broad SMARTS) is 1. The maximum atomic E-state index is 12.5. The van der Waals surface area contributed by atoms with Crippen LogP contribution in [0.3, 0.4) is 0 Å². The molecule has 0 fully saturated rings. The monoisotopic (exact) mass is 532 g/mol. The van der Waals surface area contributed by atoms with Crippen LogP contribution in [0.2, 0.25) is 5.02 Å². The van der Waals surface area contributed by atoms with Crippen LogP contribution in [-0.2, 0) is 11.8 Å². The van der Waals surface area contributed by atoms with Crippen LogP contribution in [0.25, 0.3) is 10.9 Å². The molecule has 0 aliphatic rings. The van der Waals surface area contributed by atoms with Gasteiger partial charge in [-0.3, -0.25) is 9.59 Å². The largest absolute Gasteiger partial charge is 0.497 e. The number of nitrogens with zero attached hydrogens (tertiary/aromatic N) is 1. The van der Waals surface area contributed by atoms with Crippen molar-refractivity contribution in [2.45, 2.75) is 38.0 Å². The Kier molecular flexibility index (Phi) is 8.74. The van der Waals surface area contributed by atoms with Crippen molar-refractivity contribution >= 4 is 34.4 Å². The molecule has 38 heavy (non-hydrogen) atoms. The second kappa shape index (κ2) is 12.2. The lowest BCUT2D eigenvalue weighted by Gasteiger charge is -2.28. The van der Waals surface area contributed by atoms with E-state index in [0.717, 1.165) is 35.1 Å². The number of aryl methyl sites for hydroxylation is 1. The lowest BCUT2D eigenvalue weighted by molar-refractivity contribution is -0.136. The molecular weight excluding hydrogens is 500 g/mol. The first kappa shape index (κ1) is 27.3. The molecule has 0 spiro atoms. The second-order valence-electron chi connectivity index (χ2n) is 9.52. The number of nitrogens with one attached hydrogen (secondary N) is 1. The molecule has 0 bridgehead atoms. The fraction of sp³-hybridized carbons (Fsp3) is 0.290. The first-order valence-electron chi connectivity index (χ1n) is 12.8. The van der Waals surface area contributed by atoms with Crippen molar-refractivity contribution in [3.05, 3.63) is 100 Å². The number of carbonyl (C=O) groups is 2. The lowest BCUT2D eigenvalue weighted by Crippen LogP contribution is -2.26. The number of rotatable bonds is 11. The number of carboxylic acids is 1. The summed E-state index contributed by atoms with van der Waals surface area (Å²) in [7, 11) is 3.72. The number of fused-ring (bicyclic) bond motifs is 1. The van der Waals surface area contributed by atoms with E-state index >= 15 is 0 Å². The van der Waals surface area contributed by atoms with Crippen LogP contribution in [0.1, 0.15) is 65.1 Å². The van der Waals surface area contributed by atoms with Gasteiger partial charge in [0, 0.05) is 47.2 Å². The number of amides is 1. The third-order valence-corrected chi connectivity index (χ3v) is 7.25. The summed E-state index contributed by atoms with van der Waals surface area (Å²) in [5.74, 6) is -0.235. The zero-order valence-electron chi connectivity index (χ0n) is 21.9. The van der Waals surface area contributed by atoms with Crippen LogP contribution in [-0.4, -0.2) is 35.2 Å². The molecule has 2 unspecified atom stereocenters. The van der Waals surface area contributed by atoms with Gasteiger partial charge < -0.3 is 19.7 Å². The fourth-order valence-corrected chi connectivity index (χ4v) is 5.36. The van der Waals surface area contributed by atoms with Crippen LogP contribution >= 0.6 is 11.6 Å². The van der Waals surface area contributed by atoms with E-state index in [1.807, 2.05) is 48.5 Å². The highest BCUT2D eigenvalue weighted by atomic mass is 35.5. The minimum absolute atomic E-state index is 0.0401. The third-order valence-electron chi connectivity index (χ3n) is 7.02. The Labute approximate surface area is 228 Å². The number of aromatic nitrogens is 1. The quantitative estimate of drug-likeness (QED) is 0.223. The number of methoxy groups -OCH3 is 1. The van der Waals surface area contributed by atoms with Gasteiger partial charge in [-0.2, -0.15) is 0 Å². The fourth-order valence-electron chi connectivity index (χ4n) is 5.19. The lowest BCUT2D eigenvalue weighted by atomic mass is 9.75. The van der Waals surface area contributed by atoms with Crippen molar-refractivity contribution in [2.24, 2.45) is 7.05 Å². The van der Waals surface area contributed by atoms with Gasteiger partial charge in [-0.1, -0.05) is 49.2 Å². The minimum atomic E-state index is -0.942. The molecule has 6 nitrogen and oxygen atoms in total. The van der Waals surface area contributed by atoms with Crippen LogP contribution in [0.15, 0.2) is 72.9 Å². The molecule has 1 heterocycles. The number of hydrogen-bond acceptors (Lipinski definition) is 3. The molecule has 3 aromatic carbocycles. The predicted octanol–water partition coefficient (Wildman–Crippen LogP) is 6.76. The van der Waals surface area contributed by atoms with Gasteiger partial charge in [-0.05, 0) is 71.5 Å². The number of ether oxygens (including phenoxy) is 1.